The number of nitrogens with one attached hydrogen (secondary N) is 1. The van der Waals surface area contributed by atoms with Gasteiger partial charge in [-0.05, 0) is 55.3 Å². The van der Waals surface area contributed by atoms with E-state index in [2.05, 4.69) is 23.3 Å². The fourth-order valence-electron chi connectivity index (χ4n) is 2.28. The lowest BCUT2D eigenvalue weighted by Crippen LogP contribution is -2.21. The van der Waals surface area contributed by atoms with Crippen molar-refractivity contribution in [1.29, 1.82) is 0 Å². The molecule has 0 spiro atoms. The fourth-order valence-corrected chi connectivity index (χ4v) is 2.28. The Balaban J connectivity index is 1.55. The number of nitrogens with zero attached hydrogens (tertiary/aromatic N) is 1. The molecule has 20 heavy (non-hydrogen) atoms. The Morgan fingerprint density at radius 2 is 1.95 bits per heavy atom. The quantitative estimate of drug-likeness (QED) is 0.907. The molecule has 4 nitrogen and oxygen atoms in total. The van der Waals surface area contributed by atoms with E-state index in [4.69, 9.17) is 9.47 Å². The van der Waals surface area contributed by atoms with Gasteiger partial charge in [-0.3, -0.25) is 4.98 Å². The summed E-state index contributed by atoms with van der Waals surface area (Å²) < 4.78 is 10.7. The summed E-state index contributed by atoms with van der Waals surface area (Å²) in [5, 5.41) is 3.52. The van der Waals surface area contributed by atoms with Crippen LogP contribution in [0.25, 0.3) is 0 Å². The number of pyridine rings is 1. The molecular formula is C16H18N2O2. The predicted molar refractivity (Wildman–Crippen MR) is 76.9 cm³/mol. The number of fused-ring (bicyclic) bond motifs is 1. The Hall–Kier alpha value is -2.07. The first-order valence-electron chi connectivity index (χ1n) is 6.85. The largest absolute Gasteiger partial charge is 0.454 e. The number of rotatable bonds is 5. The van der Waals surface area contributed by atoms with Gasteiger partial charge in [0.15, 0.2) is 11.5 Å². The lowest BCUT2D eigenvalue weighted by atomic mass is 10.1. The van der Waals surface area contributed by atoms with Gasteiger partial charge in [-0.25, -0.2) is 0 Å². The molecule has 1 unspecified atom stereocenters. The molecule has 4 heteroatoms. The van der Waals surface area contributed by atoms with Gasteiger partial charge in [0.2, 0.25) is 6.79 Å². The topological polar surface area (TPSA) is 43.4 Å². The van der Waals surface area contributed by atoms with Crippen LogP contribution in [0.3, 0.4) is 0 Å². The molecule has 0 amide bonds. The van der Waals surface area contributed by atoms with Crippen LogP contribution in [0, 0.1) is 0 Å². The second kappa shape index (κ2) is 5.92. The first-order valence-corrected chi connectivity index (χ1v) is 6.85. The fraction of sp³-hybridized carbons (Fsp3) is 0.312. The lowest BCUT2D eigenvalue weighted by molar-refractivity contribution is 0.174. The number of aromatic nitrogens is 1. The van der Waals surface area contributed by atoms with Crippen molar-refractivity contribution < 1.29 is 9.47 Å². The highest BCUT2D eigenvalue weighted by Gasteiger charge is 2.15. The van der Waals surface area contributed by atoms with Crippen LogP contribution in [0.5, 0.6) is 11.5 Å². The summed E-state index contributed by atoms with van der Waals surface area (Å²) in [6.07, 6.45) is 4.66. The SMILES string of the molecule is CC(NCCc1ccncc1)c1ccc2c(c1)OCO2. The highest BCUT2D eigenvalue weighted by Crippen LogP contribution is 2.34. The first kappa shape index (κ1) is 12.9. The van der Waals surface area contributed by atoms with Crippen LogP contribution in [0.4, 0.5) is 0 Å². The van der Waals surface area contributed by atoms with Crippen LogP contribution in [-0.2, 0) is 6.42 Å². The zero-order valence-corrected chi connectivity index (χ0v) is 11.5. The van der Waals surface area contributed by atoms with Gasteiger partial charge in [0.1, 0.15) is 0 Å². The maximum absolute atomic E-state index is 5.41. The van der Waals surface area contributed by atoms with E-state index < -0.39 is 0 Å². The van der Waals surface area contributed by atoms with Crippen LogP contribution in [0.2, 0.25) is 0 Å². The molecule has 2 heterocycles. The second-order valence-corrected chi connectivity index (χ2v) is 4.89. The molecule has 1 aliphatic heterocycles. The minimum atomic E-state index is 0.284. The zero-order valence-electron chi connectivity index (χ0n) is 11.5. The van der Waals surface area contributed by atoms with Crippen LogP contribution >= 0.6 is 0 Å². The molecule has 0 saturated heterocycles. The summed E-state index contributed by atoms with van der Waals surface area (Å²) in [5.41, 5.74) is 2.51. The molecule has 1 aliphatic rings. The third-order valence-corrected chi connectivity index (χ3v) is 3.51. The molecule has 0 fully saturated rings. The van der Waals surface area contributed by atoms with E-state index in [9.17, 15) is 0 Å². The van der Waals surface area contributed by atoms with Crippen molar-refractivity contribution in [2.45, 2.75) is 19.4 Å². The Morgan fingerprint density at radius 3 is 2.80 bits per heavy atom. The summed E-state index contributed by atoms with van der Waals surface area (Å²) in [4.78, 5) is 4.02. The molecule has 104 valence electrons. The summed E-state index contributed by atoms with van der Waals surface area (Å²) in [6, 6.07) is 10.5. The molecule has 1 aromatic carbocycles. The standard InChI is InChI=1S/C16H18N2O2/c1-12(18-9-6-13-4-7-17-8-5-13)14-2-3-15-16(10-14)20-11-19-15/h2-5,7-8,10,12,18H,6,9,11H2,1H3. The Kier molecular flexibility index (Phi) is 3.83. The van der Waals surface area contributed by atoms with Crippen molar-refractivity contribution in [1.82, 2.24) is 10.3 Å². The van der Waals surface area contributed by atoms with Gasteiger partial charge in [0.05, 0.1) is 0 Å². The van der Waals surface area contributed by atoms with E-state index in [0.717, 1.165) is 24.5 Å². The number of hydrogen-bond donors (Lipinski definition) is 1. The summed E-state index contributed by atoms with van der Waals surface area (Å²) in [5.74, 6) is 1.67. The summed E-state index contributed by atoms with van der Waals surface area (Å²) in [7, 11) is 0. The smallest absolute Gasteiger partial charge is 0.231 e. The van der Waals surface area contributed by atoms with Gasteiger partial charge < -0.3 is 14.8 Å². The van der Waals surface area contributed by atoms with Crippen molar-refractivity contribution in [3.8, 4) is 11.5 Å². The Bertz CT molecular complexity index is 572. The maximum Gasteiger partial charge on any atom is 0.231 e. The van der Waals surface area contributed by atoms with Crippen molar-refractivity contribution in [2.75, 3.05) is 13.3 Å². The van der Waals surface area contributed by atoms with E-state index in [-0.39, 0.29) is 6.04 Å². The van der Waals surface area contributed by atoms with E-state index in [1.54, 1.807) is 0 Å². The monoisotopic (exact) mass is 270 g/mol. The van der Waals surface area contributed by atoms with Crippen molar-refractivity contribution in [2.24, 2.45) is 0 Å². The molecule has 1 N–H and O–H groups in total. The van der Waals surface area contributed by atoms with Crippen LogP contribution in [0.15, 0.2) is 42.7 Å². The third kappa shape index (κ3) is 2.91. The maximum atomic E-state index is 5.41. The first-order chi connectivity index (χ1) is 9.83. The van der Waals surface area contributed by atoms with E-state index in [1.165, 1.54) is 11.1 Å². The number of benzene rings is 1. The highest BCUT2D eigenvalue weighted by molar-refractivity contribution is 5.45. The zero-order chi connectivity index (χ0) is 13.8. The van der Waals surface area contributed by atoms with Gasteiger partial charge in [-0.15, -0.1) is 0 Å². The van der Waals surface area contributed by atoms with Crippen molar-refractivity contribution >= 4 is 0 Å². The summed E-state index contributed by atoms with van der Waals surface area (Å²) in [6.45, 7) is 3.41. The molecule has 0 bridgehead atoms. The summed E-state index contributed by atoms with van der Waals surface area (Å²) >= 11 is 0. The third-order valence-electron chi connectivity index (χ3n) is 3.51. The van der Waals surface area contributed by atoms with Gasteiger partial charge in [0.25, 0.3) is 0 Å². The molecule has 2 aromatic rings. The van der Waals surface area contributed by atoms with Gasteiger partial charge in [-0.2, -0.15) is 0 Å². The van der Waals surface area contributed by atoms with Crippen molar-refractivity contribution in [3.63, 3.8) is 0 Å². The molecule has 0 aliphatic carbocycles. The predicted octanol–water partition coefficient (Wildman–Crippen LogP) is 2.70. The van der Waals surface area contributed by atoms with E-state index >= 15 is 0 Å². The minimum absolute atomic E-state index is 0.284. The van der Waals surface area contributed by atoms with Crippen LogP contribution in [-0.4, -0.2) is 18.3 Å². The van der Waals surface area contributed by atoms with Crippen LogP contribution < -0.4 is 14.8 Å². The van der Waals surface area contributed by atoms with E-state index in [1.807, 2.05) is 36.7 Å². The van der Waals surface area contributed by atoms with Gasteiger partial charge in [0, 0.05) is 18.4 Å². The molecule has 1 atom stereocenters. The number of hydrogen-bond acceptors (Lipinski definition) is 4. The molecule has 0 radical (unpaired) electrons. The molecule has 1 aromatic heterocycles. The lowest BCUT2D eigenvalue weighted by Gasteiger charge is -2.14. The molecular weight excluding hydrogens is 252 g/mol. The Labute approximate surface area is 118 Å². The van der Waals surface area contributed by atoms with E-state index in [0.29, 0.717) is 6.79 Å². The minimum Gasteiger partial charge on any atom is -0.454 e. The molecule has 0 saturated carbocycles. The van der Waals surface area contributed by atoms with Gasteiger partial charge >= 0.3 is 0 Å². The van der Waals surface area contributed by atoms with Gasteiger partial charge in [-0.1, -0.05) is 6.07 Å². The number of ether oxygens (including phenoxy) is 2. The normalized spacial score (nSPS) is 14.2. The highest BCUT2D eigenvalue weighted by atomic mass is 16.7. The second-order valence-electron chi connectivity index (χ2n) is 4.89. The van der Waals surface area contributed by atoms with Crippen LogP contribution in [0.1, 0.15) is 24.1 Å². The average Bonchev–Trinajstić information content (AvgIpc) is 2.95. The van der Waals surface area contributed by atoms with Crippen molar-refractivity contribution in [3.05, 3.63) is 53.9 Å². The molecule has 3 rings (SSSR count). The Morgan fingerprint density at radius 1 is 1.15 bits per heavy atom. The average molecular weight is 270 g/mol.